The SMILES string of the molecule is Cc1cc(C)[n+](CCc2ccc(O)c(O)c2)c(C)c1.F[P-](F)(F)(F)(F)F. The Balaban J connectivity index is 0.000000412. The molecular weight excluding hydrogens is 383 g/mol. The third kappa shape index (κ3) is 9.46. The van der Waals surface area contributed by atoms with Gasteiger partial charge in [-0.3, -0.25) is 0 Å². The van der Waals surface area contributed by atoms with E-state index in [1.807, 2.05) is 6.07 Å². The first-order chi connectivity index (χ1) is 11.4. The molecule has 1 aromatic carbocycles. The van der Waals surface area contributed by atoms with Gasteiger partial charge in [0.05, 0.1) is 0 Å². The number of hydrogen-bond acceptors (Lipinski definition) is 2. The number of phenolic OH excluding ortho intramolecular Hbond substituents is 2. The Morgan fingerprint density at radius 2 is 1.27 bits per heavy atom. The first-order valence-corrected chi connectivity index (χ1v) is 9.50. The van der Waals surface area contributed by atoms with Crippen LogP contribution in [-0.2, 0) is 13.0 Å². The normalized spacial score (nSPS) is 14.0. The van der Waals surface area contributed by atoms with E-state index in [0.29, 0.717) is 0 Å². The Hall–Kier alpha value is -2.02. The van der Waals surface area contributed by atoms with Crippen molar-refractivity contribution in [2.24, 2.45) is 0 Å². The Morgan fingerprint density at radius 1 is 0.808 bits per heavy atom. The molecule has 0 saturated carbocycles. The topological polar surface area (TPSA) is 44.3 Å². The molecule has 0 fully saturated rings. The molecule has 10 heteroatoms. The summed E-state index contributed by atoms with van der Waals surface area (Å²) in [7, 11) is -10.7. The van der Waals surface area contributed by atoms with Gasteiger partial charge >= 0.3 is 33.0 Å². The molecule has 0 aliphatic heterocycles. The molecule has 2 aromatic rings. The number of aromatic hydroxyl groups is 2. The van der Waals surface area contributed by atoms with E-state index >= 15 is 0 Å². The summed E-state index contributed by atoms with van der Waals surface area (Å²) in [4.78, 5) is 0. The van der Waals surface area contributed by atoms with Crippen LogP contribution < -0.4 is 4.57 Å². The Morgan fingerprint density at radius 3 is 1.69 bits per heavy atom. The maximum absolute atomic E-state index is 10.7. The number of nitrogens with zero attached hydrogens (tertiary/aromatic N) is 1. The van der Waals surface area contributed by atoms with Crippen LogP contribution in [0, 0.1) is 20.8 Å². The van der Waals surface area contributed by atoms with Crippen LogP contribution in [0.5, 0.6) is 11.5 Å². The van der Waals surface area contributed by atoms with Gasteiger partial charge in [-0.2, -0.15) is 4.57 Å². The van der Waals surface area contributed by atoms with Crippen LogP contribution in [0.15, 0.2) is 30.3 Å². The van der Waals surface area contributed by atoms with E-state index in [0.717, 1.165) is 18.5 Å². The fraction of sp³-hybridized carbons (Fsp3) is 0.312. The van der Waals surface area contributed by atoms with Crippen LogP contribution >= 0.6 is 7.81 Å². The molecule has 0 spiro atoms. The molecule has 148 valence electrons. The van der Waals surface area contributed by atoms with Crippen molar-refractivity contribution in [3.05, 3.63) is 52.8 Å². The summed E-state index contributed by atoms with van der Waals surface area (Å²) in [5, 5.41) is 18.8. The minimum absolute atomic E-state index is 0.0557. The van der Waals surface area contributed by atoms with E-state index in [-0.39, 0.29) is 11.5 Å². The molecule has 26 heavy (non-hydrogen) atoms. The van der Waals surface area contributed by atoms with Crippen LogP contribution in [0.1, 0.15) is 22.5 Å². The van der Waals surface area contributed by atoms with Gasteiger partial charge in [-0.15, -0.1) is 0 Å². The standard InChI is InChI=1S/C16H19NO2.F6P/c1-11-8-12(2)17(13(3)9-11)7-6-14-4-5-15(18)16(19)10-14;1-7(2,3,4,5)6/h4-5,8-10H,6-7H2,1-3H3,(H-,18,19);/q;-1/p+1. The summed E-state index contributed by atoms with van der Waals surface area (Å²) in [5.74, 6) is -0.126. The molecule has 1 heterocycles. The van der Waals surface area contributed by atoms with Crippen LogP contribution in [0.2, 0.25) is 0 Å². The van der Waals surface area contributed by atoms with Crippen molar-refractivity contribution in [2.75, 3.05) is 0 Å². The summed E-state index contributed by atoms with van der Waals surface area (Å²) in [5.41, 5.74) is 4.76. The van der Waals surface area contributed by atoms with Gasteiger partial charge in [0.2, 0.25) is 0 Å². The van der Waals surface area contributed by atoms with Crippen LogP contribution in [0.25, 0.3) is 0 Å². The first kappa shape index (κ1) is 22.0. The quantitative estimate of drug-likeness (QED) is 0.289. The summed E-state index contributed by atoms with van der Waals surface area (Å²) < 4.78 is 61.5. The van der Waals surface area contributed by atoms with Crippen molar-refractivity contribution in [1.82, 2.24) is 0 Å². The molecule has 0 aliphatic carbocycles. The molecule has 0 radical (unpaired) electrons. The van der Waals surface area contributed by atoms with Crippen LogP contribution in [-0.4, -0.2) is 10.2 Å². The molecular formula is C16H20F6NO2P. The zero-order chi connectivity index (χ0) is 20.4. The molecule has 2 N–H and O–H groups in total. The van der Waals surface area contributed by atoms with Gasteiger partial charge in [0.15, 0.2) is 29.4 Å². The van der Waals surface area contributed by atoms with Gasteiger partial charge in [-0.05, 0) is 30.2 Å². The molecule has 1 aromatic heterocycles. The third-order valence-electron chi connectivity index (χ3n) is 3.39. The van der Waals surface area contributed by atoms with Crippen molar-refractivity contribution in [3.63, 3.8) is 0 Å². The fourth-order valence-corrected chi connectivity index (χ4v) is 2.45. The monoisotopic (exact) mass is 403 g/mol. The van der Waals surface area contributed by atoms with Crippen molar-refractivity contribution >= 4 is 7.81 Å². The maximum atomic E-state index is 9.87. The van der Waals surface area contributed by atoms with Crippen molar-refractivity contribution in [3.8, 4) is 11.5 Å². The number of aromatic nitrogens is 1. The van der Waals surface area contributed by atoms with E-state index in [2.05, 4.69) is 37.5 Å². The van der Waals surface area contributed by atoms with Crippen molar-refractivity contribution in [2.45, 2.75) is 33.7 Å². The zero-order valence-electron chi connectivity index (χ0n) is 14.4. The second-order valence-corrected chi connectivity index (χ2v) is 7.92. The minimum atomic E-state index is -10.7. The number of hydrogen-bond donors (Lipinski definition) is 2. The predicted molar refractivity (Wildman–Crippen MR) is 87.9 cm³/mol. The summed E-state index contributed by atoms with van der Waals surface area (Å²) in [6.45, 7) is 7.17. The van der Waals surface area contributed by atoms with Gasteiger partial charge in [0, 0.05) is 32.4 Å². The molecule has 0 amide bonds. The molecule has 3 nitrogen and oxygen atoms in total. The zero-order valence-corrected chi connectivity index (χ0v) is 15.3. The van der Waals surface area contributed by atoms with E-state index in [4.69, 9.17) is 0 Å². The van der Waals surface area contributed by atoms with Crippen molar-refractivity contribution in [1.29, 1.82) is 0 Å². The second-order valence-electron chi connectivity index (χ2n) is 6.00. The fourth-order valence-electron chi connectivity index (χ4n) is 2.45. The molecule has 0 atom stereocenters. The summed E-state index contributed by atoms with van der Waals surface area (Å²) in [6.07, 6.45) is 0.823. The van der Waals surface area contributed by atoms with E-state index < -0.39 is 7.81 Å². The molecule has 0 saturated heterocycles. The predicted octanol–water partition coefficient (Wildman–Crippen LogP) is 5.94. The van der Waals surface area contributed by atoms with E-state index in [9.17, 15) is 35.4 Å². The number of rotatable bonds is 3. The van der Waals surface area contributed by atoms with Gasteiger partial charge in [-0.1, -0.05) is 6.07 Å². The van der Waals surface area contributed by atoms with Gasteiger partial charge in [0.25, 0.3) is 0 Å². The van der Waals surface area contributed by atoms with Gasteiger partial charge < -0.3 is 10.2 Å². The number of halogens is 6. The van der Waals surface area contributed by atoms with E-state index in [1.165, 1.54) is 23.0 Å². The number of aryl methyl sites for hydroxylation is 4. The second kappa shape index (κ2) is 6.61. The number of pyridine rings is 1. The van der Waals surface area contributed by atoms with E-state index in [1.54, 1.807) is 6.07 Å². The van der Waals surface area contributed by atoms with Crippen LogP contribution in [0.3, 0.4) is 0 Å². The molecule has 0 aliphatic rings. The Kier molecular flexibility index (Phi) is 5.60. The average Bonchev–Trinajstić information content (AvgIpc) is 2.38. The Labute approximate surface area is 146 Å². The first-order valence-electron chi connectivity index (χ1n) is 7.47. The van der Waals surface area contributed by atoms with Gasteiger partial charge in [0.1, 0.15) is 0 Å². The average molecular weight is 403 g/mol. The summed E-state index contributed by atoms with van der Waals surface area (Å²) >= 11 is 0. The molecule has 0 unspecified atom stereocenters. The third-order valence-corrected chi connectivity index (χ3v) is 3.39. The number of phenols is 2. The van der Waals surface area contributed by atoms with Crippen molar-refractivity contribution < 1.29 is 40.0 Å². The van der Waals surface area contributed by atoms with Gasteiger partial charge in [-0.25, -0.2) is 0 Å². The molecule has 0 bridgehead atoms. The Bertz CT molecular complexity index is 772. The number of benzene rings is 1. The van der Waals surface area contributed by atoms with Crippen LogP contribution in [0.4, 0.5) is 25.2 Å². The summed E-state index contributed by atoms with van der Waals surface area (Å²) in [6, 6.07) is 9.33. The molecule has 2 rings (SSSR count).